The largest absolute Gasteiger partial charge is 0.475 e. The van der Waals surface area contributed by atoms with Gasteiger partial charge in [0.25, 0.3) is 5.69 Å². The topological polar surface area (TPSA) is 106 Å². The minimum atomic E-state index is -1.15. The maximum Gasteiger partial charge on any atom is 0.371 e. The quantitative estimate of drug-likeness (QED) is 0.642. The van der Waals surface area contributed by atoms with Gasteiger partial charge in [-0.1, -0.05) is 12.1 Å². The van der Waals surface area contributed by atoms with Crippen molar-refractivity contribution in [1.82, 2.24) is 0 Å². The smallest absolute Gasteiger partial charge is 0.371 e. The first-order valence-corrected chi connectivity index (χ1v) is 5.79. The highest BCUT2D eigenvalue weighted by atomic mass is 16.6. The highest BCUT2D eigenvalue weighted by Gasteiger charge is 2.13. The van der Waals surface area contributed by atoms with Gasteiger partial charge in [-0.2, -0.15) is 0 Å². The number of anilines is 1. The normalized spacial score (nSPS) is 10.2. The fourth-order valence-corrected chi connectivity index (χ4v) is 1.79. The summed E-state index contributed by atoms with van der Waals surface area (Å²) in [6, 6.07) is 7.64. The number of furan rings is 1. The second kappa shape index (κ2) is 5.43. The summed E-state index contributed by atoms with van der Waals surface area (Å²) in [7, 11) is 0. The first kappa shape index (κ1) is 13.6. The molecule has 20 heavy (non-hydrogen) atoms. The van der Waals surface area contributed by atoms with E-state index in [1.54, 1.807) is 19.1 Å². The molecule has 0 aliphatic heterocycles. The van der Waals surface area contributed by atoms with Crippen molar-refractivity contribution in [2.75, 3.05) is 5.32 Å². The fraction of sp³-hybridized carbons (Fsp3) is 0.154. The third-order valence-electron chi connectivity index (χ3n) is 2.88. The van der Waals surface area contributed by atoms with Crippen LogP contribution in [0, 0.1) is 17.0 Å². The molecule has 104 valence electrons. The lowest BCUT2D eigenvalue weighted by atomic mass is 10.1. The number of hydrogen-bond acceptors (Lipinski definition) is 5. The van der Waals surface area contributed by atoms with Crippen LogP contribution >= 0.6 is 0 Å². The Labute approximate surface area is 114 Å². The lowest BCUT2D eigenvalue weighted by molar-refractivity contribution is -0.385. The first-order valence-electron chi connectivity index (χ1n) is 5.79. The van der Waals surface area contributed by atoms with Crippen LogP contribution in [0.5, 0.6) is 0 Å². The lowest BCUT2D eigenvalue weighted by Crippen LogP contribution is -2.02. The maximum atomic E-state index is 10.8. The molecule has 0 spiro atoms. The van der Waals surface area contributed by atoms with Crippen LogP contribution in [0.25, 0.3) is 0 Å². The van der Waals surface area contributed by atoms with E-state index in [4.69, 9.17) is 9.52 Å². The molecule has 0 radical (unpaired) electrons. The molecule has 0 atom stereocenters. The predicted molar refractivity (Wildman–Crippen MR) is 70.8 cm³/mol. The molecule has 0 aliphatic carbocycles. The lowest BCUT2D eigenvalue weighted by Gasteiger charge is -2.07. The summed E-state index contributed by atoms with van der Waals surface area (Å²) in [6.07, 6.45) is 0. The summed E-state index contributed by atoms with van der Waals surface area (Å²) in [5.74, 6) is -1.01. The Hall–Kier alpha value is -2.83. The number of aromatic carboxylic acids is 1. The van der Waals surface area contributed by atoms with Crippen molar-refractivity contribution in [2.24, 2.45) is 0 Å². The summed E-state index contributed by atoms with van der Waals surface area (Å²) in [4.78, 5) is 21.1. The van der Waals surface area contributed by atoms with Crippen molar-refractivity contribution >= 4 is 17.5 Å². The summed E-state index contributed by atoms with van der Waals surface area (Å²) in [5, 5.41) is 22.4. The molecule has 0 saturated heterocycles. The van der Waals surface area contributed by atoms with Gasteiger partial charge in [0.1, 0.15) is 0 Å². The monoisotopic (exact) mass is 276 g/mol. The van der Waals surface area contributed by atoms with E-state index in [2.05, 4.69) is 5.32 Å². The first-order chi connectivity index (χ1) is 9.49. The van der Waals surface area contributed by atoms with Crippen molar-refractivity contribution in [3.8, 4) is 0 Å². The van der Waals surface area contributed by atoms with E-state index in [9.17, 15) is 14.9 Å². The number of benzene rings is 1. The van der Waals surface area contributed by atoms with Crippen molar-refractivity contribution in [2.45, 2.75) is 13.5 Å². The Morgan fingerprint density at radius 1 is 1.40 bits per heavy atom. The van der Waals surface area contributed by atoms with E-state index in [1.165, 1.54) is 18.2 Å². The van der Waals surface area contributed by atoms with Gasteiger partial charge in [-0.15, -0.1) is 0 Å². The second-order valence-corrected chi connectivity index (χ2v) is 4.14. The number of carbonyl (C=O) groups is 1. The van der Waals surface area contributed by atoms with Crippen LogP contribution in [-0.2, 0) is 6.54 Å². The zero-order valence-corrected chi connectivity index (χ0v) is 10.6. The Balaban J connectivity index is 2.12. The maximum absolute atomic E-state index is 10.8. The molecule has 0 bridgehead atoms. The van der Waals surface area contributed by atoms with Gasteiger partial charge < -0.3 is 14.8 Å². The van der Waals surface area contributed by atoms with E-state index in [1.807, 2.05) is 0 Å². The van der Waals surface area contributed by atoms with Gasteiger partial charge in [0.2, 0.25) is 5.76 Å². The number of nitro benzene ring substituents is 1. The average molecular weight is 276 g/mol. The van der Waals surface area contributed by atoms with Crippen molar-refractivity contribution in [3.63, 3.8) is 0 Å². The Bertz CT molecular complexity index is 663. The molecule has 0 aliphatic rings. The number of nitrogens with zero attached hydrogens (tertiary/aromatic N) is 1. The van der Waals surface area contributed by atoms with Crippen LogP contribution in [0.2, 0.25) is 0 Å². The van der Waals surface area contributed by atoms with E-state index in [0.717, 1.165) is 5.56 Å². The molecule has 0 saturated carbocycles. The number of nitro groups is 1. The van der Waals surface area contributed by atoms with Crippen LogP contribution in [-0.4, -0.2) is 16.0 Å². The van der Waals surface area contributed by atoms with E-state index < -0.39 is 10.9 Å². The molecule has 1 aromatic carbocycles. The van der Waals surface area contributed by atoms with Gasteiger partial charge in [-0.25, -0.2) is 4.79 Å². The molecule has 7 heteroatoms. The average Bonchev–Trinajstić information content (AvgIpc) is 2.86. The van der Waals surface area contributed by atoms with Gasteiger partial charge in [-0.3, -0.25) is 10.1 Å². The van der Waals surface area contributed by atoms with Crippen LogP contribution in [0.1, 0.15) is 21.7 Å². The second-order valence-electron chi connectivity index (χ2n) is 4.14. The molecular weight excluding hydrogens is 264 g/mol. The molecule has 0 fully saturated rings. The number of carboxylic acid groups (broad SMARTS) is 1. The van der Waals surface area contributed by atoms with Gasteiger partial charge in [0.15, 0.2) is 5.88 Å². The summed E-state index contributed by atoms with van der Waals surface area (Å²) in [6.45, 7) is 1.97. The standard InChI is InChI=1S/C13H12N2O5/c1-8-9(3-2-4-10(8)15(18)19)7-14-12-6-5-11(20-12)13(16)17/h2-6,14H,7H2,1H3,(H,16,17). The molecule has 0 unspecified atom stereocenters. The molecular formula is C13H12N2O5. The molecule has 7 nitrogen and oxygen atoms in total. The van der Waals surface area contributed by atoms with Crippen LogP contribution in [0.4, 0.5) is 11.6 Å². The third kappa shape index (κ3) is 2.77. The zero-order valence-electron chi connectivity index (χ0n) is 10.6. The van der Waals surface area contributed by atoms with Gasteiger partial charge in [0, 0.05) is 24.2 Å². The highest BCUT2D eigenvalue weighted by Crippen LogP contribution is 2.22. The van der Waals surface area contributed by atoms with E-state index in [-0.39, 0.29) is 11.4 Å². The summed E-state index contributed by atoms with van der Waals surface area (Å²) in [5.41, 5.74) is 1.36. The van der Waals surface area contributed by atoms with Crippen LogP contribution < -0.4 is 5.32 Å². The van der Waals surface area contributed by atoms with Gasteiger partial charge >= 0.3 is 5.97 Å². The minimum absolute atomic E-state index is 0.0509. The zero-order chi connectivity index (χ0) is 14.7. The SMILES string of the molecule is Cc1c(CNc2ccc(C(=O)O)o2)cccc1[N+](=O)[O-]. The Morgan fingerprint density at radius 2 is 2.15 bits per heavy atom. The number of nitrogens with one attached hydrogen (secondary N) is 1. The van der Waals surface area contributed by atoms with Crippen LogP contribution in [0.15, 0.2) is 34.7 Å². The van der Waals surface area contributed by atoms with E-state index in [0.29, 0.717) is 18.0 Å². The molecule has 0 amide bonds. The number of rotatable bonds is 5. The Morgan fingerprint density at radius 3 is 2.75 bits per heavy atom. The van der Waals surface area contributed by atoms with Crippen LogP contribution in [0.3, 0.4) is 0 Å². The molecule has 2 rings (SSSR count). The molecule has 2 N–H and O–H groups in total. The predicted octanol–water partition coefficient (Wildman–Crippen LogP) is 2.81. The molecule has 1 aromatic heterocycles. The Kier molecular flexibility index (Phi) is 3.69. The van der Waals surface area contributed by atoms with Crippen molar-refractivity contribution in [3.05, 3.63) is 57.3 Å². The minimum Gasteiger partial charge on any atom is -0.475 e. The summed E-state index contributed by atoms with van der Waals surface area (Å²) >= 11 is 0. The third-order valence-corrected chi connectivity index (χ3v) is 2.88. The molecule has 2 aromatic rings. The summed E-state index contributed by atoms with van der Waals surface area (Å²) < 4.78 is 5.04. The fourth-order valence-electron chi connectivity index (χ4n) is 1.79. The number of hydrogen-bond donors (Lipinski definition) is 2. The van der Waals surface area contributed by atoms with E-state index >= 15 is 0 Å². The van der Waals surface area contributed by atoms with Gasteiger partial charge in [-0.05, 0) is 18.6 Å². The molecule has 1 heterocycles. The highest BCUT2D eigenvalue weighted by molar-refractivity contribution is 5.84. The van der Waals surface area contributed by atoms with Gasteiger partial charge in [0.05, 0.1) is 4.92 Å². The van der Waals surface area contributed by atoms with Crippen molar-refractivity contribution in [1.29, 1.82) is 0 Å². The number of carboxylic acids is 1. The van der Waals surface area contributed by atoms with Crippen molar-refractivity contribution < 1.29 is 19.2 Å².